The zero-order valence-electron chi connectivity index (χ0n) is 10.1. The van der Waals surface area contributed by atoms with E-state index in [0.29, 0.717) is 11.3 Å². The van der Waals surface area contributed by atoms with Crippen molar-refractivity contribution in [3.8, 4) is 0 Å². The van der Waals surface area contributed by atoms with E-state index in [-0.39, 0.29) is 12.6 Å². The van der Waals surface area contributed by atoms with Gasteiger partial charge in [0.25, 0.3) is 0 Å². The van der Waals surface area contributed by atoms with Crippen LogP contribution in [-0.2, 0) is 11.3 Å². The van der Waals surface area contributed by atoms with E-state index in [0.717, 1.165) is 11.1 Å². The van der Waals surface area contributed by atoms with Gasteiger partial charge in [-0.25, -0.2) is 4.79 Å². The van der Waals surface area contributed by atoms with E-state index in [1.165, 1.54) is 0 Å². The molecule has 4 nitrogen and oxygen atoms in total. The summed E-state index contributed by atoms with van der Waals surface area (Å²) >= 11 is 0. The fourth-order valence-electron chi connectivity index (χ4n) is 1.57. The van der Waals surface area contributed by atoms with Gasteiger partial charge < -0.3 is 10.5 Å². The SMILES string of the molecule is Cc1ccc(N)cc1C(=O)OCc1ccncc1. The number of nitrogens with zero attached hydrogens (tertiary/aromatic N) is 1. The smallest absolute Gasteiger partial charge is 0.338 e. The zero-order chi connectivity index (χ0) is 13.0. The van der Waals surface area contributed by atoms with Crippen molar-refractivity contribution in [1.82, 2.24) is 4.98 Å². The van der Waals surface area contributed by atoms with E-state index in [1.807, 2.05) is 6.92 Å². The summed E-state index contributed by atoms with van der Waals surface area (Å²) < 4.78 is 5.23. The molecule has 0 atom stereocenters. The number of esters is 1. The van der Waals surface area contributed by atoms with Crippen molar-refractivity contribution >= 4 is 11.7 Å². The molecule has 2 aromatic rings. The van der Waals surface area contributed by atoms with Crippen LogP contribution in [0.1, 0.15) is 21.5 Å². The first-order valence-corrected chi connectivity index (χ1v) is 5.59. The van der Waals surface area contributed by atoms with Crippen molar-refractivity contribution in [1.29, 1.82) is 0 Å². The molecule has 0 aliphatic carbocycles. The lowest BCUT2D eigenvalue weighted by molar-refractivity contribution is 0.0472. The number of nitrogens with two attached hydrogens (primary N) is 1. The standard InChI is InChI=1S/C14H14N2O2/c1-10-2-3-12(15)8-13(10)14(17)18-9-11-4-6-16-7-5-11/h2-8H,9,15H2,1H3. The molecule has 0 aliphatic heterocycles. The van der Waals surface area contributed by atoms with Gasteiger partial charge in [-0.15, -0.1) is 0 Å². The van der Waals surface area contributed by atoms with Crippen molar-refractivity contribution in [2.75, 3.05) is 5.73 Å². The van der Waals surface area contributed by atoms with Gasteiger partial charge in [0.1, 0.15) is 6.61 Å². The first kappa shape index (κ1) is 12.1. The maximum atomic E-state index is 11.9. The van der Waals surface area contributed by atoms with Gasteiger partial charge in [0.05, 0.1) is 5.56 Å². The largest absolute Gasteiger partial charge is 0.457 e. The number of hydrogen-bond acceptors (Lipinski definition) is 4. The van der Waals surface area contributed by atoms with Crippen LogP contribution in [0.3, 0.4) is 0 Å². The molecule has 4 heteroatoms. The van der Waals surface area contributed by atoms with E-state index < -0.39 is 0 Å². The second kappa shape index (κ2) is 5.31. The molecule has 0 fully saturated rings. The van der Waals surface area contributed by atoms with Crippen LogP contribution in [-0.4, -0.2) is 11.0 Å². The quantitative estimate of drug-likeness (QED) is 0.662. The average molecular weight is 242 g/mol. The minimum Gasteiger partial charge on any atom is -0.457 e. The average Bonchev–Trinajstić information content (AvgIpc) is 2.40. The van der Waals surface area contributed by atoms with Crippen LogP contribution in [0.2, 0.25) is 0 Å². The molecule has 0 unspecified atom stereocenters. The highest BCUT2D eigenvalue weighted by Crippen LogP contribution is 2.14. The number of nitrogen functional groups attached to an aromatic ring is 1. The Morgan fingerprint density at radius 1 is 1.28 bits per heavy atom. The van der Waals surface area contributed by atoms with Crippen molar-refractivity contribution in [2.45, 2.75) is 13.5 Å². The van der Waals surface area contributed by atoms with E-state index in [2.05, 4.69) is 4.98 Å². The van der Waals surface area contributed by atoms with Gasteiger partial charge in [0, 0.05) is 18.1 Å². The highest BCUT2D eigenvalue weighted by molar-refractivity contribution is 5.92. The topological polar surface area (TPSA) is 65.2 Å². The van der Waals surface area contributed by atoms with Gasteiger partial charge in [0.15, 0.2) is 0 Å². The van der Waals surface area contributed by atoms with Gasteiger partial charge in [-0.1, -0.05) is 6.07 Å². The Kier molecular flexibility index (Phi) is 3.57. The molecule has 1 heterocycles. The third-order valence-electron chi connectivity index (χ3n) is 2.60. The zero-order valence-corrected chi connectivity index (χ0v) is 10.1. The Hall–Kier alpha value is -2.36. The van der Waals surface area contributed by atoms with Crippen LogP contribution >= 0.6 is 0 Å². The summed E-state index contributed by atoms with van der Waals surface area (Å²) in [7, 11) is 0. The molecule has 0 saturated carbocycles. The Morgan fingerprint density at radius 3 is 2.72 bits per heavy atom. The molecular weight excluding hydrogens is 228 g/mol. The second-order valence-corrected chi connectivity index (χ2v) is 4.01. The summed E-state index contributed by atoms with van der Waals surface area (Å²) in [6, 6.07) is 8.80. The lowest BCUT2D eigenvalue weighted by atomic mass is 10.1. The number of benzene rings is 1. The van der Waals surface area contributed by atoms with E-state index in [9.17, 15) is 4.79 Å². The molecule has 92 valence electrons. The summed E-state index contributed by atoms with van der Waals surface area (Å²) in [5.74, 6) is -0.364. The Bertz CT molecular complexity index is 553. The number of rotatable bonds is 3. The van der Waals surface area contributed by atoms with Crippen molar-refractivity contribution in [2.24, 2.45) is 0 Å². The van der Waals surface area contributed by atoms with Gasteiger partial charge in [-0.05, 0) is 42.3 Å². The molecule has 2 rings (SSSR count). The highest BCUT2D eigenvalue weighted by atomic mass is 16.5. The number of ether oxygens (including phenoxy) is 1. The van der Waals surface area contributed by atoms with Crippen molar-refractivity contribution < 1.29 is 9.53 Å². The van der Waals surface area contributed by atoms with Gasteiger partial charge in [-0.2, -0.15) is 0 Å². The van der Waals surface area contributed by atoms with Gasteiger partial charge in [0.2, 0.25) is 0 Å². The van der Waals surface area contributed by atoms with E-state index in [1.54, 1.807) is 42.7 Å². The normalized spacial score (nSPS) is 10.1. The Labute approximate surface area is 105 Å². The second-order valence-electron chi connectivity index (χ2n) is 4.01. The fraction of sp³-hybridized carbons (Fsp3) is 0.143. The Balaban J connectivity index is 2.06. The molecule has 1 aromatic carbocycles. The molecule has 0 saturated heterocycles. The van der Waals surface area contributed by atoms with Gasteiger partial charge >= 0.3 is 5.97 Å². The number of aryl methyl sites for hydroxylation is 1. The molecule has 1 aromatic heterocycles. The lowest BCUT2D eigenvalue weighted by Crippen LogP contribution is -2.07. The van der Waals surface area contributed by atoms with Crippen LogP contribution in [0.15, 0.2) is 42.7 Å². The minimum atomic E-state index is -0.364. The number of anilines is 1. The third kappa shape index (κ3) is 2.85. The maximum absolute atomic E-state index is 11.9. The van der Waals surface area contributed by atoms with Crippen molar-refractivity contribution in [3.63, 3.8) is 0 Å². The van der Waals surface area contributed by atoms with Crippen LogP contribution in [0.25, 0.3) is 0 Å². The molecule has 18 heavy (non-hydrogen) atoms. The van der Waals surface area contributed by atoms with Crippen LogP contribution < -0.4 is 5.73 Å². The molecule has 0 aliphatic rings. The van der Waals surface area contributed by atoms with Crippen LogP contribution in [0, 0.1) is 6.92 Å². The monoisotopic (exact) mass is 242 g/mol. The maximum Gasteiger partial charge on any atom is 0.338 e. The highest BCUT2D eigenvalue weighted by Gasteiger charge is 2.10. The molecule has 0 amide bonds. The third-order valence-corrected chi connectivity index (χ3v) is 2.60. The van der Waals surface area contributed by atoms with Crippen molar-refractivity contribution in [3.05, 3.63) is 59.4 Å². The van der Waals surface area contributed by atoms with E-state index >= 15 is 0 Å². The number of pyridine rings is 1. The minimum absolute atomic E-state index is 0.232. The summed E-state index contributed by atoms with van der Waals surface area (Å²) in [5.41, 5.74) is 8.47. The summed E-state index contributed by atoms with van der Waals surface area (Å²) in [6.07, 6.45) is 3.32. The van der Waals surface area contributed by atoms with Crippen LogP contribution in [0.4, 0.5) is 5.69 Å². The number of aromatic nitrogens is 1. The molecular formula is C14H14N2O2. The molecule has 0 radical (unpaired) electrons. The lowest BCUT2D eigenvalue weighted by Gasteiger charge is -2.07. The molecule has 0 bridgehead atoms. The summed E-state index contributed by atoms with van der Waals surface area (Å²) in [4.78, 5) is 15.8. The first-order chi connectivity index (χ1) is 8.66. The first-order valence-electron chi connectivity index (χ1n) is 5.59. The predicted molar refractivity (Wildman–Crippen MR) is 68.9 cm³/mol. The summed E-state index contributed by atoms with van der Waals surface area (Å²) in [6.45, 7) is 2.08. The Morgan fingerprint density at radius 2 is 2.00 bits per heavy atom. The predicted octanol–water partition coefficient (Wildman–Crippen LogP) is 2.33. The molecule has 0 spiro atoms. The summed E-state index contributed by atoms with van der Waals surface area (Å²) in [5, 5.41) is 0. The van der Waals surface area contributed by atoms with E-state index in [4.69, 9.17) is 10.5 Å². The number of carbonyl (C=O) groups is 1. The van der Waals surface area contributed by atoms with Crippen LogP contribution in [0.5, 0.6) is 0 Å². The van der Waals surface area contributed by atoms with Gasteiger partial charge in [-0.3, -0.25) is 4.98 Å². The number of carbonyl (C=O) groups excluding carboxylic acids is 1. The number of hydrogen-bond donors (Lipinski definition) is 1. The molecule has 2 N–H and O–H groups in total. The fourth-order valence-corrected chi connectivity index (χ4v) is 1.57.